The highest BCUT2D eigenvalue weighted by atomic mass is 35.5. The summed E-state index contributed by atoms with van der Waals surface area (Å²) in [5.41, 5.74) is 0.893. The average molecular weight is 346 g/mol. The number of carbonyl (C=O) groups is 1. The quantitative estimate of drug-likeness (QED) is 0.715. The molecule has 0 spiro atoms. The molecule has 0 radical (unpaired) electrons. The van der Waals surface area contributed by atoms with Crippen molar-refractivity contribution < 1.29 is 18.3 Å². The fourth-order valence-corrected chi connectivity index (χ4v) is 2.31. The van der Waals surface area contributed by atoms with Gasteiger partial charge >= 0.3 is 0 Å². The number of hydrogen-bond acceptors (Lipinski definition) is 3. The summed E-state index contributed by atoms with van der Waals surface area (Å²) < 4.78 is 23.9. The highest BCUT2D eigenvalue weighted by Crippen LogP contribution is 2.24. The highest BCUT2D eigenvalue weighted by molar-refractivity contribution is 6.33. The Morgan fingerprint density at radius 3 is 2.71 bits per heavy atom. The Labute approximate surface area is 142 Å². The number of rotatable bonds is 5. The molecule has 0 aliphatic carbocycles. The lowest BCUT2D eigenvalue weighted by Crippen LogP contribution is -2.14. The summed E-state index contributed by atoms with van der Waals surface area (Å²) in [5, 5.41) is 2.70. The third-order valence-corrected chi connectivity index (χ3v) is 3.58. The van der Waals surface area contributed by atoms with Crippen molar-refractivity contribution in [3.8, 4) is 5.75 Å². The lowest BCUT2D eigenvalue weighted by Gasteiger charge is -2.08. The molecule has 0 aliphatic heterocycles. The predicted molar refractivity (Wildman–Crippen MR) is 88.8 cm³/mol. The smallest absolute Gasteiger partial charge is 0.291 e. The molecule has 0 bridgehead atoms. The first-order chi connectivity index (χ1) is 11.6. The number of para-hydroxylation sites is 1. The maximum atomic E-state index is 13.1. The molecular weight excluding hydrogens is 333 g/mol. The van der Waals surface area contributed by atoms with Crippen LogP contribution in [0.1, 0.15) is 16.1 Å². The maximum Gasteiger partial charge on any atom is 0.291 e. The van der Waals surface area contributed by atoms with Crippen molar-refractivity contribution in [2.24, 2.45) is 0 Å². The molecule has 0 fully saturated rings. The molecule has 0 aliphatic rings. The van der Waals surface area contributed by atoms with E-state index in [2.05, 4.69) is 5.32 Å². The summed E-state index contributed by atoms with van der Waals surface area (Å²) in [7, 11) is 0. The Morgan fingerprint density at radius 2 is 1.96 bits per heavy atom. The molecule has 2 aromatic carbocycles. The monoisotopic (exact) mass is 345 g/mol. The van der Waals surface area contributed by atoms with E-state index in [0.29, 0.717) is 17.0 Å². The largest absolute Gasteiger partial charge is 0.489 e. The molecule has 24 heavy (non-hydrogen) atoms. The molecule has 1 aromatic heterocycles. The van der Waals surface area contributed by atoms with Crippen LogP contribution in [0, 0.1) is 5.82 Å². The van der Waals surface area contributed by atoms with Gasteiger partial charge in [-0.25, -0.2) is 4.39 Å². The van der Waals surface area contributed by atoms with E-state index < -0.39 is 11.7 Å². The van der Waals surface area contributed by atoms with Gasteiger partial charge in [0, 0.05) is 5.56 Å². The van der Waals surface area contributed by atoms with Gasteiger partial charge in [-0.3, -0.25) is 4.79 Å². The van der Waals surface area contributed by atoms with Crippen LogP contribution >= 0.6 is 11.6 Å². The fraction of sp³-hybridized carbons (Fsp3) is 0.0556. The van der Waals surface area contributed by atoms with Gasteiger partial charge in [0.1, 0.15) is 18.2 Å². The molecule has 0 unspecified atom stereocenters. The number of nitrogens with one attached hydrogen (secondary N) is 1. The van der Waals surface area contributed by atoms with E-state index in [1.54, 1.807) is 6.07 Å². The van der Waals surface area contributed by atoms with E-state index in [4.69, 9.17) is 20.8 Å². The lowest BCUT2D eigenvalue weighted by atomic mass is 10.2. The van der Waals surface area contributed by atoms with E-state index in [-0.39, 0.29) is 17.4 Å². The Morgan fingerprint density at radius 1 is 1.17 bits per heavy atom. The second-order valence-electron chi connectivity index (χ2n) is 4.95. The Hall–Kier alpha value is -2.79. The number of anilines is 1. The number of ether oxygens (including phenoxy) is 1. The van der Waals surface area contributed by atoms with Gasteiger partial charge < -0.3 is 14.5 Å². The number of halogens is 2. The van der Waals surface area contributed by atoms with Crippen LogP contribution in [0.3, 0.4) is 0 Å². The maximum absolute atomic E-state index is 13.1. The minimum Gasteiger partial charge on any atom is -0.489 e. The van der Waals surface area contributed by atoms with E-state index in [1.807, 2.05) is 30.3 Å². The summed E-state index contributed by atoms with van der Waals surface area (Å²) in [5.74, 6) is -0.161. The zero-order valence-electron chi connectivity index (χ0n) is 12.5. The summed E-state index contributed by atoms with van der Waals surface area (Å²) in [6.07, 6.45) is 1.41. The number of carbonyl (C=O) groups excluding carboxylic acids is 1. The lowest BCUT2D eigenvalue weighted by molar-refractivity contribution is 0.0993. The second kappa shape index (κ2) is 7.19. The van der Waals surface area contributed by atoms with Crippen LogP contribution in [0.2, 0.25) is 5.02 Å². The molecule has 0 saturated carbocycles. The van der Waals surface area contributed by atoms with Crippen LogP contribution < -0.4 is 10.1 Å². The summed E-state index contributed by atoms with van der Waals surface area (Å²) in [4.78, 5) is 12.3. The Bertz CT molecular complexity index is 848. The standard InChI is InChI=1S/C18H13ClFNO3/c19-15-10-13(20)6-7-16(15)21-18(22)17-12(8-9-23-17)11-24-14-4-2-1-3-5-14/h1-10H,11H2,(H,21,22). The van der Waals surface area contributed by atoms with Crippen molar-refractivity contribution in [2.45, 2.75) is 6.61 Å². The first-order valence-electron chi connectivity index (χ1n) is 7.14. The molecule has 1 heterocycles. The number of amides is 1. The van der Waals surface area contributed by atoms with Gasteiger partial charge in [0.2, 0.25) is 0 Å². The molecule has 3 aromatic rings. The van der Waals surface area contributed by atoms with Crippen molar-refractivity contribution in [1.82, 2.24) is 0 Å². The van der Waals surface area contributed by atoms with Crippen molar-refractivity contribution in [3.05, 3.63) is 83.0 Å². The number of hydrogen-bond donors (Lipinski definition) is 1. The summed E-state index contributed by atoms with van der Waals surface area (Å²) in [6, 6.07) is 14.6. The normalized spacial score (nSPS) is 10.4. The third kappa shape index (κ3) is 3.75. The molecule has 0 saturated heterocycles. The molecular formula is C18H13ClFNO3. The topological polar surface area (TPSA) is 51.5 Å². The van der Waals surface area contributed by atoms with Crippen molar-refractivity contribution in [1.29, 1.82) is 0 Å². The summed E-state index contributed by atoms with van der Waals surface area (Å²) >= 11 is 5.91. The van der Waals surface area contributed by atoms with E-state index >= 15 is 0 Å². The van der Waals surface area contributed by atoms with Crippen molar-refractivity contribution in [2.75, 3.05) is 5.32 Å². The SMILES string of the molecule is O=C(Nc1ccc(F)cc1Cl)c1occc1COc1ccccc1. The summed E-state index contributed by atoms with van der Waals surface area (Å²) in [6.45, 7) is 0.181. The Balaban J connectivity index is 1.71. The Kier molecular flexibility index (Phi) is 4.82. The van der Waals surface area contributed by atoms with Crippen LogP contribution in [0.4, 0.5) is 10.1 Å². The van der Waals surface area contributed by atoms with Gasteiger partial charge in [0.05, 0.1) is 17.0 Å². The van der Waals surface area contributed by atoms with Crippen LogP contribution in [-0.4, -0.2) is 5.91 Å². The van der Waals surface area contributed by atoms with Crippen molar-refractivity contribution >= 4 is 23.2 Å². The van der Waals surface area contributed by atoms with Crippen molar-refractivity contribution in [3.63, 3.8) is 0 Å². The first kappa shape index (κ1) is 16.1. The van der Waals surface area contributed by atoms with Crippen LogP contribution in [0.25, 0.3) is 0 Å². The predicted octanol–water partition coefficient (Wildman–Crippen LogP) is 4.90. The van der Waals surface area contributed by atoms with Crippen LogP contribution in [-0.2, 0) is 6.61 Å². The fourth-order valence-electron chi connectivity index (χ4n) is 2.10. The molecule has 3 rings (SSSR count). The van der Waals surface area contributed by atoms with E-state index in [1.165, 1.54) is 18.4 Å². The van der Waals surface area contributed by atoms with Gasteiger partial charge in [-0.2, -0.15) is 0 Å². The molecule has 1 N–H and O–H groups in total. The molecule has 0 atom stereocenters. The third-order valence-electron chi connectivity index (χ3n) is 3.27. The zero-order chi connectivity index (χ0) is 16.9. The number of benzene rings is 2. The van der Waals surface area contributed by atoms with Gasteiger partial charge in [-0.15, -0.1) is 0 Å². The second-order valence-corrected chi connectivity index (χ2v) is 5.36. The van der Waals surface area contributed by atoms with Gasteiger partial charge in [-0.1, -0.05) is 29.8 Å². The minimum atomic E-state index is -0.486. The molecule has 122 valence electrons. The minimum absolute atomic E-state index is 0.108. The first-order valence-corrected chi connectivity index (χ1v) is 7.52. The van der Waals surface area contributed by atoms with Gasteiger partial charge in [-0.05, 0) is 36.4 Å². The van der Waals surface area contributed by atoms with E-state index in [9.17, 15) is 9.18 Å². The van der Waals surface area contributed by atoms with Crippen LogP contribution in [0.5, 0.6) is 5.75 Å². The molecule has 1 amide bonds. The molecule has 6 heteroatoms. The molecule has 4 nitrogen and oxygen atoms in total. The number of furan rings is 1. The van der Waals surface area contributed by atoms with Crippen LogP contribution in [0.15, 0.2) is 65.3 Å². The van der Waals surface area contributed by atoms with E-state index in [0.717, 1.165) is 6.07 Å². The highest BCUT2D eigenvalue weighted by Gasteiger charge is 2.17. The van der Waals surface area contributed by atoms with Gasteiger partial charge in [0.25, 0.3) is 5.91 Å². The zero-order valence-corrected chi connectivity index (χ0v) is 13.2. The van der Waals surface area contributed by atoms with Gasteiger partial charge in [0.15, 0.2) is 5.76 Å². The average Bonchev–Trinajstić information content (AvgIpc) is 3.05.